The van der Waals surface area contributed by atoms with Gasteiger partial charge in [0.1, 0.15) is 0 Å². The zero-order chi connectivity index (χ0) is 12.3. The Morgan fingerprint density at radius 1 is 1.24 bits per heavy atom. The molecule has 0 aliphatic carbocycles. The second-order valence-electron chi connectivity index (χ2n) is 4.88. The molecule has 1 aromatic carbocycles. The number of nitrogens with two attached hydrogens (primary N) is 1. The average molecular weight is 231 g/mol. The van der Waals surface area contributed by atoms with E-state index < -0.39 is 0 Å². The van der Waals surface area contributed by atoms with Gasteiger partial charge in [0, 0.05) is 13.1 Å². The minimum Gasteiger partial charge on any atom is -0.369 e. The fourth-order valence-corrected chi connectivity index (χ4v) is 2.22. The van der Waals surface area contributed by atoms with Crippen molar-refractivity contribution in [3.8, 4) is 0 Å². The van der Waals surface area contributed by atoms with Crippen molar-refractivity contribution in [3.63, 3.8) is 0 Å². The van der Waals surface area contributed by atoms with Gasteiger partial charge in [-0.2, -0.15) is 0 Å². The smallest absolute Gasteiger partial charge is 0.196 e. The maximum Gasteiger partial charge on any atom is 0.196 e. The Morgan fingerprint density at radius 3 is 2.53 bits per heavy atom. The molecule has 1 aliphatic heterocycles. The number of hydrogen-bond acceptors (Lipinski definition) is 1. The van der Waals surface area contributed by atoms with Crippen molar-refractivity contribution in [1.29, 1.82) is 0 Å². The van der Waals surface area contributed by atoms with Crippen LogP contribution in [0.1, 0.15) is 38.2 Å². The molecule has 0 atom stereocenters. The average Bonchev–Trinajstić information content (AvgIpc) is 2.83. The highest BCUT2D eigenvalue weighted by molar-refractivity contribution is 5.81. The molecule has 1 aliphatic rings. The SMILES string of the molecule is CC(C)c1ccccc1N=C(N)N1CCCC1. The largest absolute Gasteiger partial charge is 0.369 e. The van der Waals surface area contributed by atoms with Gasteiger partial charge in [-0.05, 0) is 30.4 Å². The van der Waals surface area contributed by atoms with Gasteiger partial charge in [-0.25, -0.2) is 4.99 Å². The molecule has 0 bridgehead atoms. The van der Waals surface area contributed by atoms with Gasteiger partial charge in [-0.3, -0.25) is 0 Å². The molecule has 3 nitrogen and oxygen atoms in total. The molecule has 0 amide bonds. The van der Waals surface area contributed by atoms with Crippen molar-refractivity contribution in [1.82, 2.24) is 4.90 Å². The number of rotatable bonds is 2. The van der Waals surface area contributed by atoms with E-state index in [1.165, 1.54) is 18.4 Å². The highest BCUT2D eigenvalue weighted by atomic mass is 15.3. The lowest BCUT2D eigenvalue weighted by molar-refractivity contribution is 0.513. The fraction of sp³-hybridized carbons (Fsp3) is 0.500. The van der Waals surface area contributed by atoms with Crippen molar-refractivity contribution in [3.05, 3.63) is 29.8 Å². The minimum absolute atomic E-state index is 0.473. The van der Waals surface area contributed by atoms with Crippen LogP contribution in [0.4, 0.5) is 5.69 Å². The predicted octanol–water partition coefficient (Wildman–Crippen LogP) is 2.85. The molecular formula is C14H21N3. The first kappa shape index (κ1) is 12.0. The number of nitrogens with zero attached hydrogens (tertiary/aromatic N) is 2. The molecule has 1 saturated heterocycles. The molecule has 2 N–H and O–H groups in total. The summed E-state index contributed by atoms with van der Waals surface area (Å²) in [5.74, 6) is 1.14. The lowest BCUT2D eigenvalue weighted by Crippen LogP contribution is -2.34. The van der Waals surface area contributed by atoms with Gasteiger partial charge in [0.25, 0.3) is 0 Å². The normalized spacial score (nSPS) is 16.9. The maximum atomic E-state index is 6.06. The summed E-state index contributed by atoms with van der Waals surface area (Å²) in [5.41, 5.74) is 8.32. The van der Waals surface area contributed by atoms with Crippen LogP contribution in [0.15, 0.2) is 29.3 Å². The molecule has 1 fully saturated rings. The zero-order valence-electron chi connectivity index (χ0n) is 10.7. The van der Waals surface area contributed by atoms with Crippen LogP contribution in [0, 0.1) is 0 Å². The summed E-state index contributed by atoms with van der Waals surface area (Å²) in [6.45, 7) is 6.44. The predicted molar refractivity (Wildman–Crippen MR) is 72.6 cm³/mol. The van der Waals surface area contributed by atoms with Crippen LogP contribution in [-0.2, 0) is 0 Å². The Labute approximate surface area is 103 Å². The van der Waals surface area contributed by atoms with Gasteiger partial charge in [-0.1, -0.05) is 32.0 Å². The monoisotopic (exact) mass is 231 g/mol. The highest BCUT2D eigenvalue weighted by Crippen LogP contribution is 2.26. The lowest BCUT2D eigenvalue weighted by atomic mass is 10.0. The van der Waals surface area contributed by atoms with Crippen LogP contribution in [0.3, 0.4) is 0 Å². The van der Waals surface area contributed by atoms with Crippen LogP contribution >= 0.6 is 0 Å². The third kappa shape index (κ3) is 2.78. The molecule has 1 aromatic rings. The lowest BCUT2D eigenvalue weighted by Gasteiger charge is -2.17. The Bertz CT molecular complexity index is 404. The molecule has 92 valence electrons. The summed E-state index contributed by atoms with van der Waals surface area (Å²) in [7, 11) is 0. The van der Waals surface area contributed by atoms with E-state index in [0.29, 0.717) is 11.9 Å². The van der Waals surface area contributed by atoms with Crippen LogP contribution in [-0.4, -0.2) is 23.9 Å². The van der Waals surface area contributed by atoms with E-state index >= 15 is 0 Å². The van der Waals surface area contributed by atoms with E-state index in [2.05, 4.69) is 35.9 Å². The van der Waals surface area contributed by atoms with Gasteiger partial charge in [0.2, 0.25) is 0 Å². The first-order valence-electron chi connectivity index (χ1n) is 6.36. The Kier molecular flexibility index (Phi) is 3.67. The van der Waals surface area contributed by atoms with Crippen molar-refractivity contribution in [2.24, 2.45) is 10.7 Å². The Morgan fingerprint density at radius 2 is 1.88 bits per heavy atom. The van der Waals surface area contributed by atoms with Crippen molar-refractivity contribution >= 4 is 11.6 Å². The molecule has 0 aromatic heterocycles. The zero-order valence-corrected chi connectivity index (χ0v) is 10.7. The van der Waals surface area contributed by atoms with E-state index in [0.717, 1.165) is 18.8 Å². The van der Waals surface area contributed by atoms with Crippen molar-refractivity contribution < 1.29 is 0 Å². The topological polar surface area (TPSA) is 41.6 Å². The Balaban J connectivity index is 2.24. The van der Waals surface area contributed by atoms with Gasteiger partial charge in [0.05, 0.1) is 5.69 Å². The van der Waals surface area contributed by atoms with Crippen LogP contribution < -0.4 is 5.73 Å². The number of hydrogen-bond donors (Lipinski definition) is 1. The quantitative estimate of drug-likeness (QED) is 0.628. The fourth-order valence-electron chi connectivity index (χ4n) is 2.22. The van der Waals surface area contributed by atoms with Crippen LogP contribution in [0.2, 0.25) is 0 Å². The molecular weight excluding hydrogens is 210 g/mol. The number of likely N-dealkylation sites (tertiary alicyclic amines) is 1. The van der Waals surface area contributed by atoms with E-state index in [1.807, 2.05) is 12.1 Å². The number of aliphatic imine (C=N–C) groups is 1. The highest BCUT2D eigenvalue weighted by Gasteiger charge is 2.14. The van der Waals surface area contributed by atoms with Gasteiger partial charge in [0.15, 0.2) is 5.96 Å². The summed E-state index contributed by atoms with van der Waals surface area (Å²) in [5, 5.41) is 0. The summed E-state index contributed by atoms with van der Waals surface area (Å²) < 4.78 is 0. The van der Waals surface area contributed by atoms with Crippen LogP contribution in [0.5, 0.6) is 0 Å². The third-order valence-electron chi connectivity index (χ3n) is 3.22. The van der Waals surface area contributed by atoms with Crippen molar-refractivity contribution in [2.75, 3.05) is 13.1 Å². The second-order valence-corrected chi connectivity index (χ2v) is 4.88. The van der Waals surface area contributed by atoms with Gasteiger partial charge >= 0.3 is 0 Å². The molecule has 0 spiro atoms. The summed E-state index contributed by atoms with van der Waals surface area (Å²) in [6, 6.07) is 8.24. The minimum atomic E-state index is 0.473. The summed E-state index contributed by atoms with van der Waals surface area (Å²) in [6.07, 6.45) is 2.45. The molecule has 0 saturated carbocycles. The summed E-state index contributed by atoms with van der Waals surface area (Å²) in [4.78, 5) is 6.75. The maximum absolute atomic E-state index is 6.06. The van der Waals surface area contributed by atoms with E-state index in [-0.39, 0.29) is 0 Å². The molecule has 0 unspecified atom stereocenters. The standard InChI is InChI=1S/C14H21N3/c1-11(2)12-7-3-4-8-13(12)16-14(15)17-9-5-6-10-17/h3-4,7-8,11H,5-6,9-10H2,1-2H3,(H2,15,16). The van der Waals surface area contributed by atoms with Gasteiger partial charge in [-0.15, -0.1) is 0 Å². The number of guanidine groups is 1. The first-order chi connectivity index (χ1) is 8.18. The van der Waals surface area contributed by atoms with Crippen LogP contribution in [0.25, 0.3) is 0 Å². The molecule has 17 heavy (non-hydrogen) atoms. The molecule has 0 radical (unpaired) electrons. The molecule has 2 rings (SSSR count). The van der Waals surface area contributed by atoms with E-state index in [4.69, 9.17) is 5.73 Å². The molecule has 3 heteroatoms. The summed E-state index contributed by atoms with van der Waals surface area (Å²) >= 11 is 0. The van der Waals surface area contributed by atoms with Crippen molar-refractivity contribution in [2.45, 2.75) is 32.6 Å². The number of benzene rings is 1. The van der Waals surface area contributed by atoms with Gasteiger partial charge < -0.3 is 10.6 Å². The molecule has 1 heterocycles. The number of para-hydroxylation sites is 1. The third-order valence-corrected chi connectivity index (χ3v) is 3.22. The van der Waals surface area contributed by atoms with E-state index in [1.54, 1.807) is 0 Å². The Hall–Kier alpha value is -1.51. The second kappa shape index (κ2) is 5.21. The first-order valence-corrected chi connectivity index (χ1v) is 6.36. The van der Waals surface area contributed by atoms with E-state index in [9.17, 15) is 0 Å².